The van der Waals surface area contributed by atoms with Crippen LogP contribution in [0.2, 0.25) is 0 Å². The van der Waals surface area contributed by atoms with Crippen molar-refractivity contribution in [2.75, 3.05) is 0 Å². The third-order valence-electron chi connectivity index (χ3n) is 3.61. The van der Waals surface area contributed by atoms with Gasteiger partial charge in [-0.25, -0.2) is 0 Å². The molecular weight excluding hydrogens is 288 g/mol. The van der Waals surface area contributed by atoms with E-state index in [0.717, 1.165) is 22.3 Å². The fourth-order valence-corrected chi connectivity index (χ4v) is 2.44. The molecule has 0 spiro atoms. The van der Waals surface area contributed by atoms with E-state index in [2.05, 4.69) is 10.2 Å². The molecule has 0 aliphatic carbocycles. The summed E-state index contributed by atoms with van der Waals surface area (Å²) >= 11 is 0. The number of aromatic nitrogens is 2. The second-order valence-corrected chi connectivity index (χ2v) is 5.29. The van der Waals surface area contributed by atoms with E-state index >= 15 is 0 Å². The third-order valence-corrected chi connectivity index (χ3v) is 3.61. The molecule has 0 saturated heterocycles. The summed E-state index contributed by atoms with van der Waals surface area (Å²) in [7, 11) is 0. The first-order chi connectivity index (χ1) is 11.3. The van der Waals surface area contributed by atoms with E-state index in [0.29, 0.717) is 11.3 Å². The Hall–Kier alpha value is -3.27. The maximum Gasteiger partial charge on any atom is 0.155 e. The summed E-state index contributed by atoms with van der Waals surface area (Å²) in [4.78, 5) is 0. The predicted molar refractivity (Wildman–Crippen MR) is 90.8 cm³/mol. The fourth-order valence-electron chi connectivity index (χ4n) is 2.44. The van der Waals surface area contributed by atoms with Gasteiger partial charge in [0.2, 0.25) is 0 Å². The number of nitrogens with one attached hydrogen (secondary N) is 1. The zero-order chi connectivity index (χ0) is 15.6. The molecule has 4 heteroatoms. The molecule has 0 aliphatic heterocycles. The summed E-state index contributed by atoms with van der Waals surface area (Å²) in [6.45, 7) is 0. The van der Waals surface area contributed by atoms with E-state index in [1.54, 1.807) is 12.1 Å². The standard InChI is InChI=1S/C19H14N2O2/c22-16-9-7-14-10-19(23-18(14)12-16)17-11-15(20-21-17)8-6-13-4-2-1-3-5-13/h1-12,22H,(H,20,21)/b8-6+. The minimum atomic E-state index is 0.187. The van der Waals surface area contributed by atoms with Crippen LogP contribution in [-0.2, 0) is 0 Å². The molecule has 0 fully saturated rings. The Morgan fingerprint density at radius 1 is 0.957 bits per heavy atom. The zero-order valence-corrected chi connectivity index (χ0v) is 12.2. The SMILES string of the molecule is Oc1ccc2cc(-c3cc(/C=C/c4ccccc4)[nH]n3)oc2c1. The highest BCUT2D eigenvalue weighted by Gasteiger charge is 2.09. The number of aromatic hydroxyl groups is 1. The van der Waals surface area contributed by atoms with Gasteiger partial charge in [-0.1, -0.05) is 36.4 Å². The number of H-pyrrole nitrogens is 1. The number of furan rings is 1. The number of benzene rings is 2. The highest BCUT2D eigenvalue weighted by Crippen LogP contribution is 2.29. The minimum Gasteiger partial charge on any atom is -0.508 e. The van der Waals surface area contributed by atoms with Crippen LogP contribution in [0.5, 0.6) is 5.75 Å². The Morgan fingerprint density at radius 2 is 1.83 bits per heavy atom. The van der Waals surface area contributed by atoms with Crippen molar-refractivity contribution in [2.45, 2.75) is 0 Å². The lowest BCUT2D eigenvalue weighted by Gasteiger charge is -1.90. The summed E-state index contributed by atoms with van der Waals surface area (Å²) in [5, 5.41) is 17.7. The Kier molecular flexibility index (Phi) is 3.20. The molecule has 2 aromatic carbocycles. The molecule has 0 aliphatic rings. The van der Waals surface area contributed by atoms with Gasteiger partial charge >= 0.3 is 0 Å². The minimum absolute atomic E-state index is 0.187. The number of nitrogens with zero attached hydrogens (tertiary/aromatic N) is 1. The summed E-state index contributed by atoms with van der Waals surface area (Å²) in [6, 6.07) is 19.0. The first kappa shape index (κ1) is 13.4. The molecule has 0 atom stereocenters. The van der Waals surface area contributed by atoms with Crippen molar-refractivity contribution in [3.63, 3.8) is 0 Å². The Labute approximate surface area is 132 Å². The van der Waals surface area contributed by atoms with Gasteiger partial charge in [0, 0.05) is 11.5 Å². The van der Waals surface area contributed by atoms with E-state index in [4.69, 9.17) is 4.42 Å². The Morgan fingerprint density at radius 3 is 2.70 bits per heavy atom. The lowest BCUT2D eigenvalue weighted by atomic mass is 10.2. The molecule has 0 saturated carbocycles. The van der Waals surface area contributed by atoms with Crippen LogP contribution in [0, 0.1) is 0 Å². The average Bonchev–Trinajstić information content (AvgIpc) is 3.20. The average molecular weight is 302 g/mol. The molecule has 112 valence electrons. The van der Waals surface area contributed by atoms with Gasteiger partial charge in [-0.3, -0.25) is 5.10 Å². The molecule has 2 N–H and O–H groups in total. The summed E-state index contributed by atoms with van der Waals surface area (Å²) in [5.41, 5.74) is 3.40. The smallest absolute Gasteiger partial charge is 0.155 e. The molecule has 4 aromatic rings. The second-order valence-electron chi connectivity index (χ2n) is 5.29. The summed E-state index contributed by atoms with van der Waals surface area (Å²) in [6.07, 6.45) is 3.99. The van der Waals surface area contributed by atoms with Crippen LogP contribution >= 0.6 is 0 Å². The van der Waals surface area contributed by atoms with E-state index in [-0.39, 0.29) is 5.75 Å². The van der Waals surface area contributed by atoms with Crippen molar-refractivity contribution in [3.8, 4) is 17.2 Å². The van der Waals surface area contributed by atoms with Gasteiger partial charge in [0.25, 0.3) is 0 Å². The lowest BCUT2D eigenvalue weighted by Crippen LogP contribution is -1.73. The van der Waals surface area contributed by atoms with Crippen molar-refractivity contribution in [1.82, 2.24) is 10.2 Å². The van der Waals surface area contributed by atoms with Crippen LogP contribution in [0.15, 0.2) is 65.1 Å². The highest BCUT2D eigenvalue weighted by molar-refractivity contribution is 5.83. The molecule has 4 nitrogen and oxygen atoms in total. The first-order valence-corrected chi connectivity index (χ1v) is 7.29. The normalized spacial score (nSPS) is 11.5. The summed E-state index contributed by atoms with van der Waals surface area (Å²) < 4.78 is 5.74. The number of hydrogen-bond donors (Lipinski definition) is 2. The predicted octanol–water partition coefficient (Wildman–Crippen LogP) is 4.70. The van der Waals surface area contributed by atoms with Crippen molar-refractivity contribution in [1.29, 1.82) is 0 Å². The van der Waals surface area contributed by atoms with Crippen LogP contribution < -0.4 is 0 Å². The van der Waals surface area contributed by atoms with E-state index in [9.17, 15) is 5.11 Å². The quantitative estimate of drug-likeness (QED) is 0.576. The molecule has 0 amide bonds. The maximum absolute atomic E-state index is 9.50. The molecule has 0 bridgehead atoms. The van der Waals surface area contributed by atoms with E-state index in [1.807, 2.05) is 60.7 Å². The van der Waals surface area contributed by atoms with Gasteiger partial charge < -0.3 is 9.52 Å². The number of fused-ring (bicyclic) bond motifs is 1. The zero-order valence-electron chi connectivity index (χ0n) is 12.2. The van der Waals surface area contributed by atoms with Crippen LogP contribution in [0.4, 0.5) is 0 Å². The van der Waals surface area contributed by atoms with Gasteiger partial charge in [-0.2, -0.15) is 5.10 Å². The Bertz CT molecular complexity index is 981. The van der Waals surface area contributed by atoms with Crippen molar-refractivity contribution in [3.05, 3.63) is 71.9 Å². The molecule has 0 unspecified atom stereocenters. The molecule has 23 heavy (non-hydrogen) atoms. The van der Waals surface area contributed by atoms with Crippen molar-refractivity contribution in [2.24, 2.45) is 0 Å². The van der Waals surface area contributed by atoms with Gasteiger partial charge in [0.1, 0.15) is 17.0 Å². The number of aromatic amines is 1. The van der Waals surface area contributed by atoms with Crippen LogP contribution in [0.3, 0.4) is 0 Å². The topological polar surface area (TPSA) is 62.0 Å². The number of hydrogen-bond acceptors (Lipinski definition) is 3. The van der Waals surface area contributed by atoms with Crippen LogP contribution in [0.25, 0.3) is 34.6 Å². The fraction of sp³-hybridized carbons (Fsp3) is 0. The largest absolute Gasteiger partial charge is 0.508 e. The number of phenolic OH excluding ortho intramolecular Hbond substituents is 1. The second kappa shape index (κ2) is 5.50. The third kappa shape index (κ3) is 2.74. The molecule has 4 rings (SSSR count). The lowest BCUT2D eigenvalue weighted by molar-refractivity contribution is 0.474. The molecule has 2 heterocycles. The maximum atomic E-state index is 9.50. The highest BCUT2D eigenvalue weighted by atomic mass is 16.3. The molecule has 0 radical (unpaired) electrons. The molecule has 2 aromatic heterocycles. The first-order valence-electron chi connectivity index (χ1n) is 7.29. The van der Waals surface area contributed by atoms with Gasteiger partial charge in [-0.15, -0.1) is 0 Å². The van der Waals surface area contributed by atoms with E-state index < -0.39 is 0 Å². The van der Waals surface area contributed by atoms with Gasteiger partial charge in [0.15, 0.2) is 5.76 Å². The van der Waals surface area contributed by atoms with Crippen LogP contribution in [0.1, 0.15) is 11.3 Å². The number of phenols is 1. The van der Waals surface area contributed by atoms with Gasteiger partial charge in [-0.05, 0) is 35.9 Å². The monoisotopic (exact) mass is 302 g/mol. The number of rotatable bonds is 3. The van der Waals surface area contributed by atoms with Crippen molar-refractivity contribution < 1.29 is 9.52 Å². The van der Waals surface area contributed by atoms with E-state index in [1.165, 1.54) is 0 Å². The molecular formula is C19H14N2O2. The van der Waals surface area contributed by atoms with Gasteiger partial charge in [0.05, 0.1) is 5.69 Å². The summed E-state index contributed by atoms with van der Waals surface area (Å²) in [5.74, 6) is 0.855. The van der Waals surface area contributed by atoms with Crippen LogP contribution in [-0.4, -0.2) is 15.3 Å². The van der Waals surface area contributed by atoms with Crippen molar-refractivity contribution >= 4 is 23.1 Å². The Balaban J connectivity index is 1.62.